The molecular formula is C23H35ClN6OS. The summed E-state index contributed by atoms with van der Waals surface area (Å²) in [6, 6.07) is 4.18. The summed E-state index contributed by atoms with van der Waals surface area (Å²) < 4.78 is -0.00237. The van der Waals surface area contributed by atoms with Crippen LogP contribution in [0.3, 0.4) is 0 Å². The highest BCUT2D eigenvalue weighted by molar-refractivity contribution is 8.00. The average molecular weight is 479 g/mol. The van der Waals surface area contributed by atoms with E-state index in [9.17, 15) is 4.79 Å². The van der Waals surface area contributed by atoms with Gasteiger partial charge in [-0.15, -0.1) is 12.4 Å². The fourth-order valence-corrected chi connectivity index (χ4v) is 4.68. The van der Waals surface area contributed by atoms with Gasteiger partial charge in [-0.1, -0.05) is 32.5 Å². The first-order valence-electron chi connectivity index (χ1n) is 10.8. The number of carbonyl (C=O) groups is 1. The molecule has 1 fully saturated rings. The van der Waals surface area contributed by atoms with Crippen LogP contribution in [0.25, 0.3) is 0 Å². The molecule has 9 heteroatoms. The molecule has 0 atom stereocenters. The van der Waals surface area contributed by atoms with E-state index in [1.54, 1.807) is 18.0 Å². The Morgan fingerprint density at radius 2 is 1.78 bits per heavy atom. The molecule has 0 spiro atoms. The van der Waals surface area contributed by atoms with Crippen LogP contribution in [0.4, 0.5) is 11.8 Å². The molecule has 0 aromatic carbocycles. The fraction of sp³-hybridized carbons (Fsp3) is 0.565. The molecule has 0 unspecified atom stereocenters. The number of hydrogen-bond acceptors (Lipinski definition) is 7. The van der Waals surface area contributed by atoms with Gasteiger partial charge in [0.1, 0.15) is 10.8 Å². The van der Waals surface area contributed by atoms with Crippen molar-refractivity contribution in [1.29, 1.82) is 0 Å². The molecule has 1 aliphatic rings. The average Bonchev–Trinajstić information content (AvgIpc) is 2.70. The van der Waals surface area contributed by atoms with Gasteiger partial charge in [0.25, 0.3) is 5.91 Å². The van der Waals surface area contributed by atoms with E-state index >= 15 is 0 Å². The van der Waals surface area contributed by atoms with E-state index in [0.717, 1.165) is 42.1 Å². The summed E-state index contributed by atoms with van der Waals surface area (Å²) in [4.78, 5) is 28.4. The SMILES string of the molecule is Cc1cnc(N[C@H]2CC[C@@H](NC(=O)c3cccnc3SC(C)(C)C)CC2)nc1N(C)C.Cl. The minimum Gasteiger partial charge on any atom is -0.362 e. The van der Waals surface area contributed by atoms with Gasteiger partial charge in [0, 0.05) is 48.9 Å². The number of nitrogens with zero attached hydrogens (tertiary/aromatic N) is 4. The van der Waals surface area contributed by atoms with Gasteiger partial charge >= 0.3 is 0 Å². The maximum absolute atomic E-state index is 12.9. The molecule has 2 aromatic heterocycles. The van der Waals surface area contributed by atoms with Gasteiger partial charge < -0.3 is 15.5 Å². The third kappa shape index (κ3) is 7.24. The topological polar surface area (TPSA) is 83.0 Å². The monoisotopic (exact) mass is 478 g/mol. The van der Waals surface area contributed by atoms with Gasteiger partial charge in [-0.3, -0.25) is 4.79 Å². The minimum absolute atomic E-state index is 0. The second kappa shape index (κ2) is 11.2. The largest absolute Gasteiger partial charge is 0.362 e. The van der Waals surface area contributed by atoms with Crippen LogP contribution in [0.15, 0.2) is 29.6 Å². The minimum atomic E-state index is -0.0336. The molecule has 0 aliphatic heterocycles. The van der Waals surface area contributed by atoms with Crippen LogP contribution in [-0.4, -0.2) is 51.8 Å². The Bertz CT molecular complexity index is 910. The summed E-state index contributed by atoms with van der Waals surface area (Å²) in [5.41, 5.74) is 1.72. The molecule has 7 nitrogen and oxygen atoms in total. The van der Waals surface area contributed by atoms with Gasteiger partial charge in [-0.2, -0.15) is 4.98 Å². The maximum atomic E-state index is 12.9. The Labute approximate surface area is 202 Å². The lowest BCUT2D eigenvalue weighted by molar-refractivity contribution is 0.0923. The summed E-state index contributed by atoms with van der Waals surface area (Å²) in [7, 11) is 3.97. The second-order valence-corrected chi connectivity index (χ2v) is 11.1. The lowest BCUT2D eigenvalue weighted by atomic mass is 9.91. The number of carbonyl (C=O) groups excluding carboxylic acids is 1. The molecule has 2 heterocycles. The van der Waals surface area contributed by atoms with E-state index in [0.29, 0.717) is 17.6 Å². The van der Waals surface area contributed by atoms with Crippen LogP contribution in [-0.2, 0) is 0 Å². The number of anilines is 2. The number of amides is 1. The predicted octanol–water partition coefficient (Wildman–Crippen LogP) is 4.71. The molecule has 0 radical (unpaired) electrons. The van der Waals surface area contributed by atoms with Gasteiger partial charge in [0.05, 0.1) is 5.56 Å². The maximum Gasteiger partial charge on any atom is 0.254 e. The summed E-state index contributed by atoms with van der Waals surface area (Å²) in [5, 5.41) is 7.48. The number of hydrogen-bond donors (Lipinski definition) is 2. The number of aryl methyl sites for hydroxylation is 1. The van der Waals surface area contributed by atoms with E-state index in [1.807, 2.05) is 44.2 Å². The molecule has 1 saturated carbocycles. The number of pyridine rings is 1. The van der Waals surface area contributed by atoms with Crippen molar-refractivity contribution in [2.75, 3.05) is 24.3 Å². The highest BCUT2D eigenvalue weighted by atomic mass is 35.5. The first-order chi connectivity index (χ1) is 14.6. The third-order valence-electron chi connectivity index (χ3n) is 5.18. The summed E-state index contributed by atoms with van der Waals surface area (Å²) in [6.07, 6.45) is 7.40. The normalized spacial score (nSPS) is 18.4. The van der Waals surface area contributed by atoms with Crippen molar-refractivity contribution < 1.29 is 4.79 Å². The van der Waals surface area contributed by atoms with E-state index in [1.165, 1.54) is 0 Å². The van der Waals surface area contributed by atoms with E-state index in [4.69, 9.17) is 0 Å². The zero-order valence-corrected chi connectivity index (χ0v) is 21.4. The molecule has 3 rings (SSSR count). The number of halogens is 1. The summed E-state index contributed by atoms with van der Waals surface area (Å²) >= 11 is 1.62. The molecule has 2 N–H and O–H groups in total. The first kappa shape index (κ1) is 26.2. The Balaban J connectivity index is 0.00000363. The number of aromatic nitrogens is 3. The number of thioether (sulfide) groups is 1. The summed E-state index contributed by atoms with van der Waals surface area (Å²) in [5.74, 6) is 1.56. The Kier molecular flexibility index (Phi) is 9.16. The molecule has 2 aromatic rings. The fourth-order valence-electron chi connectivity index (χ4n) is 3.72. The lowest BCUT2D eigenvalue weighted by Crippen LogP contribution is -2.40. The third-order valence-corrected chi connectivity index (χ3v) is 6.31. The van der Waals surface area contributed by atoms with Crippen LogP contribution < -0.4 is 15.5 Å². The van der Waals surface area contributed by atoms with Crippen molar-refractivity contribution in [2.24, 2.45) is 0 Å². The van der Waals surface area contributed by atoms with Crippen molar-refractivity contribution in [3.05, 3.63) is 35.7 Å². The van der Waals surface area contributed by atoms with Crippen LogP contribution in [0.1, 0.15) is 62.4 Å². The van der Waals surface area contributed by atoms with E-state index < -0.39 is 0 Å². The van der Waals surface area contributed by atoms with Crippen molar-refractivity contribution in [3.8, 4) is 0 Å². The number of nitrogens with one attached hydrogen (secondary N) is 2. The molecule has 0 saturated heterocycles. The van der Waals surface area contributed by atoms with Crippen LogP contribution >= 0.6 is 24.2 Å². The van der Waals surface area contributed by atoms with Crippen molar-refractivity contribution in [2.45, 2.75) is 75.2 Å². The Hall–Kier alpha value is -2.06. The van der Waals surface area contributed by atoms with Crippen molar-refractivity contribution in [3.63, 3.8) is 0 Å². The van der Waals surface area contributed by atoms with Gasteiger partial charge in [0.2, 0.25) is 5.95 Å². The number of rotatable bonds is 6. The molecule has 0 bridgehead atoms. The quantitative estimate of drug-likeness (QED) is 0.581. The Morgan fingerprint density at radius 3 is 2.41 bits per heavy atom. The molecule has 1 amide bonds. The standard InChI is InChI=1S/C23H34N6OS.ClH/c1-15-14-25-22(28-19(15)29(5)6)27-17-11-9-16(10-12-17)26-20(30)18-8-7-13-24-21(18)31-23(2,3)4;/h7-8,13-14,16-17H,9-12H2,1-6H3,(H,26,30)(H,25,27,28);1H/t16-,17+;. The smallest absolute Gasteiger partial charge is 0.254 e. The lowest BCUT2D eigenvalue weighted by Gasteiger charge is -2.30. The predicted molar refractivity (Wildman–Crippen MR) is 135 cm³/mol. The van der Waals surface area contributed by atoms with E-state index in [-0.39, 0.29) is 29.1 Å². The Morgan fingerprint density at radius 1 is 1.12 bits per heavy atom. The van der Waals surface area contributed by atoms with Gasteiger partial charge in [0.15, 0.2) is 0 Å². The van der Waals surface area contributed by atoms with Crippen molar-refractivity contribution in [1.82, 2.24) is 20.3 Å². The highest BCUT2D eigenvalue weighted by Gasteiger charge is 2.25. The molecule has 1 aliphatic carbocycles. The zero-order valence-electron chi connectivity index (χ0n) is 19.8. The second-order valence-electron chi connectivity index (χ2n) is 9.33. The van der Waals surface area contributed by atoms with Crippen LogP contribution in [0.5, 0.6) is 0 Å². The van der Waals surface area contributed by atoms with Crippen LogP contribution in [0, 0.1) is 6.92 Å². The van der Waals surface area contributed by atoms with E-state index in [2.05, 4.69) is 46.4 Å². The molecule has 176 valence electrons. The molecule has 32 heavy (non-hydrogen) atoms. The highest BCUT2D eigenvalue weighted by Crippen LogP contribution is 2.32. The first-order valence-corrected chi connectivity index (χ1v) is 11.7. The van der Waals surface area contributed by atoms with Gasteiger partial charge in [-0.05, 0) is 44.7 Å². The molecular weight excluding hydrogens is 444 g/mol. The summed E-state index contributed by atoms with van der Waals surface area (Å²) in [6.45, 7) is 8.39. The van der Waals surface area contributed by atoms with Crippen LogP contribution in [0.2, 0.25) is 0 Å². The van der Waals surface area contributed by atoms with Crippen molar-refractivity contribution >= 4 is 41.8 Å². The zero-order chi connectivity index (χ0) is 22.6. The van der Waals surface area contributed by atoms with Gasteiger partial charge in [-0.25, -0.2) is 9.97 Å².